The number of phenols is 1. The number of hydrogen-bond donors (Lipinski definition) is 2. The molecule has 0 atom stereocenters. The van der Waals surface area contributed by atoms with Gasteiger partial charge in [0.25, 0.3) is 5.91 Å². The number of nitrogens with one attached hydrogen (secondary N) is 1. The van der Waals surface area contributed by atoms with Crippen LogP contribution in [0.2, 0.25) is 5.02 Å². The summed E-state index contributed by atoms with van der Waals surface area (Å²) in [6, 6.07) is 4.35. The minimum absolute atomic E-state index is 0.0355. The van der Waals surface area contributed by atoms with Crippen molar-refractivity contribution in [3.63, 3.8) is 0 Å². The average molecular weight is 266 g/mol. The maximum atomic E-state index is 11.8. The predicted molar refractivity (Wildman–Crippen MR) is 67.7 cm³/mol. The van der Waals surface area contributed by atoms with Gasteiger partial charge >= 0.3 is 0 Å². The molecular formula is C12H12ClN3O2. The van der Waals surface area contributed by atoms with Crippen LogP contribution in [-0.4, -0.2) is 27.1 Å². The fourth-order valence-electron chi connectivity index (χ4n) is 1.47. The number of rotatable bonds is 4. The molecule has 0 aliphatic rings. The summed E-state index contributed by atoms with van der Waals surface area (Å²) in [7, 11) is 0. The van der Waals surface area contributed by atoms with Crippen molar-refractivity contribution in [2.75, 3.05) is 6.54 Å². The first kappa shape index (κ1) is 12.4. The van der Waals surface area contributed by atoms with E-state index in [0.29, 0.717) is 18.7 Å². The first-order chi connectivity index (χ1) is 8.66. The average Bonchev–Trinajstić information content (AvgIpc) is 2.85. The highest BCUT2D eigenvalue weighted by Crippen LogP contribution is 2.23. The molecule has 0 radical (unpaired) electrons. The summed E-state index contributed by atoms with van der Waals surface area (Å²) in [6.07, 6.45) is 5.19. The largest absolute Gasteiger partial charge is 0.506 e. The number of amides is 1. The minimum atomic E-state index is -0.225. The molecule has 94 valence electrons. The topological polar surface area (TPSA) is 67.2 Å². The van der Waals surface area contributed by atoms with Crippen molar-refractivity contribution < 1.29 is 9.90 Å². The monoisotopic (exact) mass is 265 g/mol. The SMILES string of the molecule is O=C(NCCn1ccnc1)c1ccc(O)c(Cl)c1. The number of nitrogens with zero attached hydrogens (tertiary/aromatic N) is 2. The molecule has 0 fully saturated rings. The van der Waals surface area contributed by atoms with E-state index in [1.807, 2.05) is 10.8 Å². The molecule has 1 amide bonds. The molecular weight excluding hydrogens is 254 g/mol. The van der Waals surface area contributed by atoms with Crippen LogP contribution in [0.5, 0.6) is 5.75 Å². The molecule has 0 aliphatic heterocycles. The second kappa shape index (κ2) is 5.55. The van der Waals surface area contributed by atoms with E-state index in [0.717, 1.165) is 0 Å². The van der Waals surface area contributed by atoms with Gasteiger partial charge in [-0.15, -0.1) is 0 Å². The number of carbonyl (C=O) groups is 1. The van der Waals surface area contributed by atoms with Gasteiger partial charge in [0.05, 0.1) is 11.3 Å². The van der Waals surface area contributed by atoms with E-state index in [9.17, 15) is 9.90 Å². The van der Waals surface area contributed by atoms with Crippen molar-refractivity contribution in [1.82, 2.24) is 14.9 Å². The molecule has 0 saturated carbocycles. The van der Waals surface area contributed by atoms with Gasteiger partial charge in [0.15, 0.2) is 0 Å². The zero-order valence-electron chi connectivity index (χ0n) is 9.51. The van der Waals surface area contributed by atoms with Crippen LogP contribution in [0.15, 0.2) is 36.9 Å². The molecule has 2 aromatic rings. The summed E-state index contributed by atoms with van der Waals surface area (Å²) in [5.41, 5.74) is 0.420. The Bertz CT molecular complexity index is 540. The van der Waals surface area contributed by atoms with Crippen molar-refractivity contribution in [2.24, 2.45) is 0 Å². The Morgan fingerprint density at radius 1 is 1.50 bits per heavy atom. The highest BCUT2D eigenvalue weighted by molar-refractivity contribution is 6.32. The van der Waals surface area contributed by atoms with Gasteiger partial charge < -0.3 is 15.0 Å². The lowest BCUT2D eigenvalue weighted by atomic mass is 10.2. The van der Waals surface area contributed by atoms with Crippen molar-refractivity contribution in [3.8, 4) is 5.75 Å². The maximum absolute atomic E-state index is 11.8. The number of imidazole rings is 1. The zero-order chi connectivity index (χ0) is 13.0. The highest BCUT2D eigenvalue weighted by Gasteiger charge is 2.07. The number of halogens is 1. The molecule has 0 bridgehead atoms. The molecule has 0 aliphatic carbocycles. The maximum Gasteiger partial charge on any atom is 0.251 e. The summed E-state index contributed by atoms with van der Waals surface area (Å²) < 4.78 is 1.87. The zero-order valence-corrected chi connectivity index (χ0v) is 10.3. The van der Waals surface area contributed by atoms with Gasteiger partial charge in [-0.3, -0.25) is 4.79 Å². The van der Waals surface area contributed by atoms with E-state index in [1.54, 1.807) is 12.5 Å². The lowest BCUT2D eigenvalue weighted by Crippen LogP contribution is -2.26. The number of carbonyl (C=O) groups excluding carboxylic acids is 1. The van der Waals surface area contributed by atoms with Gasteiger partial charge in [0.1, 0.15) is 5.75 Å². The van der Waals surface area contributed by atoms with Crippen molar-refractivity contribution in [2.45, 2.75) is 6.54 Å². The molecule has 2 N–H and O–H groups in total. The molecule has 0 spiro atoms. The quantitative estimate of drug-likeness (QED) is 0.884. The Balaban J connectivity index is 1.89. The van der Waals surface area contributed by atoms with Gasteiger partial charge in [-0.25, -0.2) is 4.98 Å². The highest BCUT2D eigenvalue weighted by atomic mass is 35.5. The molecule has 0 saturated heterocycles. The third-order valence-electron chi connectivity index (χ3n) is 2.42. The Labute approximate surface area is 109 Å². The van der Waals surface area contributed by atoms with Gasteiger partial charge in [-0.1, -0.05) is 11.6 Å². The van der Waals surface area contributed by atoms with Crippen molar-refractivity contribution in [1.29, 1.82) is 0 Å². The third kappa shape index (κ3) is 3.01. The van der Waals surface area contributed by atoms with Crippen LogP contribution in [0.3, 0.4) is 0 Å². The first-order valence-corrected chi connectivity index (χ1v) is 5.77. The van der Waals surface area contributed by atoms with Gasteiger partial charge in [0, 0.05) is 31.0 Å². The fourth-order valence-corrected chi connectivity index (χ4v) is 1.65. The number of aromatic nitrogens is 2. The van der Waals surface area contributed by atoms with Crippen LogP contribution in [-0.2, 0) is 6.54 Å². The summed E-state index contributed by atoms with van der Waals surface area (Å²) >= 11 is 5.73. The smallest absolute Gasteiger partial charge is 0.251 e. The summed E-state index contributed by atoms with van der Waals surface area (Å²) in [6.45, 7) is 1.14. The molecule has 0 unspecified atom stereocenters. The van der Waals surface area contributed by atoms with Crippen LogP contribution in [0.1, 0.15) is 10.4 Å². The van der Waals surface area contributed by atoms with E-state index in [1.165, 1.54) is 18.2 Å². The molecule has 18 heavy (non-hydrogen) atoms. The van der Waals surface area contributed by atoms with E-state index in [2.05, 4.69) is 10.3 Å². The molecule has 1 aromatic carbocycles. The summed E-state index contributed by atoms with van der Waals surface area (Å²) in [5.74, 6) is -0.261. The van der Waals surface area contributed by atoms with Gasteiger partial charge in [-0.2, -0.15) is 0 Å². The van der Waals surface area contributed by atoms with Crippen LogP contribution >= 0.6 is 11.6 Å². The summed E-state index contributed by atoms with van der Waals surface area (Å²) in [5, 5.41) is 12.2. The van der Waals surface area contributed by atoms with E-state index < -0.39 is 0 Å². The lowest BCUT2D eigenvalue weighted by Gasteiger charge is -2.06. The molecule has 6 heteroatoms. The molecule has 1 heterocycles. The fraction of sp³-hybridized carbons (Fsp3) is 0.167. The van der Waals surface area contributed by atoms with Crippen LogP contribution < -0.4 is 5.32 Å². The van der Waals surface area contributed by atoms with Crippen LogP contribution in [0.25, 0.3) is 0 Å². The van der Waals surface area contributed by atoms with Gasteiger partial charge in [-0.05, 0) is 18.2 Å². The molecule has 1 aromatic heterocycles. The Morgan fingerprint density at radius 3 is 3.00 bits per heavy atom. The van der Waals surface area contributed by atoms with Gasteiger partial charge in [0.2, 0.25) is 0 Å². The van der Waals surface area contributed by atoms with E-state index in [-0.39, 0.29) is 16.7 Å². The Hall–Kier alpha value is -2.01. The van der Waals surface area contributed by atoms with Crippen LogP contribution in [0, 0.1) is 0 Å². The number of hydrogen-bond acceptors (Lipinski definition) is 3. The third-order valence-corrected chi connectivity index (χ3v) is 2.73. The van der Waals surface area contributed by atoms with Crippen molar-refractivity contribution in [3.05, 3.63) is 47.5 Å². The second-order valence-corrected chi connectivity index (χ2v) is 4.13. The minimum Gasteiger partial charge on any atom is -0.506 e. The van der Waals surface area contributed by atoms with E-state index in [4.69, 9.17) is 11.6 Å². The number of aromatic hydroxyl groups is 1. The van der Waals surface area contributed by atoms with Crippen molar-refractivity contribution >= 4 is 17.5 Å². The second-order valence-electron chi connectivity index (χ2n) is 3.72. The molecule has 5 nitrogen and oxygen atoms in total. The predicted octanol–water partition coefficient (Wildman–Crippen LogP) is 1.67. The van der Waals surface area contributed by atoms with E-state index >= 15 is 0 Å². The van der Waals surface area contributed by atoms with Crippen LogP contribution in [0.4, 0.5) is 0 Å². The summed E-state index contributed by atoms with van der Waals surface area (Å²) in [4.78, 5) is 15.7. The normalized spacial score (nSPS) is 10.3. The lowest BCUT2D eigenvalue weighted by molar-refractivity contribution is 0.0952. The standard InChI is InChI=1S/C12H12ClN3O2/c13-10-7-9(1-2-11(10)17)12(18)15-4-6-16-5-3-14-8-16/h1-3,5,7-8,17H,4,6H2,(H,15,18). The Morgan fingerprint density at radius 2 is 2.33 bits per heavy atom. The number of benzene rings is 1. The Kier molecular flexibility index (Phi) is 3.84. The molecule has 2 rings (SSSR count). The first-order valence-electron chi connectivity index (χ1n) is 5.39. The number of phenolic OH excluding ortho intramolecular Hbond substituents is 1.